The molecule has 2 rings (SSSR count). The fourth-order valence-electron chi connectivity index (χ4n) is 3.00. The summed E-state index contributed by atoms with van der Waals surface area (Å²) in [5.41, 5.74) is 7.68. The Balaban J connectivity index is 2.25. The van der Waals surface area contributed by atoms with Gasteiger partial charge in [-0.25, -0.2) is 0 Å². The van der Waals surface area contributed by atoms with E-state index in [-0.39, 0.29) is 12.1 Å². The topological polar surface area (TPSA) is 38.5 Å². The monoisotopic (exact) mass is 276 g/mol. The molecule has 1 aromatic rings. The first-order chi connectivity index (χ1) is 9.58. The molecule has 1 aliphatic carbocycles. The van der Waals surface area contributed by atoms with Gasteiger partial charge in [0.25, 0.3) is 0 Å². The van der Waals surface area contributed by atoms with E-state index in [2.05, 4.69) is 44.0 Å². The summed E-state index contributed by atoms with van der Waals surface area (Å²) in [6.07, 6.45) is 3.69. The van der Waals surface area contributed by atoms with Crippen LogP contribution in [-0.2, 0) is 0 Å². The minimum absolute atomic E-state index is 0.147. The molecule has 3 heteroatoms. The van der Waals surface area contributed by atoms with Gasteiger partial charge in [0.2, 0.25) is 0 Å². The quantitative estimate of drug-likeness (QED) is 0.831. The first kappa shape index (κ1) is 15.3. The van der Waals surface area contributed by atoms with E-state index in [4.69, 9.17) is 10.5 Å². The molecule has 0 aliphatic heterocycles. The molecule has 0 bridgehead atoms. The summed E-state index contributed by atoms with van der Waals surface area (Å²) in [6, 6.07) is 9.32. The average Bonchev–Trinajstić information content (AvgIpc) is 3.31. The fourth-order valence-corrected chi connectivity index (χ4v) is 3.00. The van der Waals surface area contributed by atoms with Crippen molar-refractivity contribution < 1.29 is 4.74 Å². The molecule has 1 saturated carbocycles. The van der Waals surface area contributed by atoms with Gasteiger partial charge in [-0.3, -0.25) is 4.90 Å². The van der Waals surface area contributed by atoms with E-state index in [0.717, 1.165) is 18.1 Å². The number of hydrogen-bond donors (Lipinski definition) is 1. The Morgan fingerprint density at radius 1 is 1.40 bits per heavy atom. The minimum Gasteiger partial charge on any atom is -0.497 e. The van der Waals surface area contributed by atoms with Gasteiger partial charge in [-0.15, -0.1) is 0 Å². The third-order valence-corrected chi connectivity index (χ3v) is 4.70. The average molecular weight is 276 g/mol. The molecule has 0 amide bonds. The van der Waals surface area contributed by atoms with Gasteiger partial charge in [0.1, 0.15) is 5.75 Å². The zero-order chi connectivity index (χ0) is 14.7. The normalized spacial score (nSPS) is 19.7. The first-order valence-corrected chi connectivity index (χ1v) is 7.70. The van der Waals surface area contributed by atoms with Gasteiger partial charge in [0, 0.05) is 18.1 Å². The molecule has 1 aliphatic rings. The van der Waals surface area contributed by atoms with Gasteiger partial charge in [-0.05, 0) is 56.8 Å². The zero-order valence-corrected chi connectivity index (χ0v) is 13.2. The van der Waals surface area contributed by atoms with Crippen LogP contribution in [0.25, 0.3) is 0 Å². The molecule has 1 aromatic carbocycles. The Morgan fingerprint density at radius 2 is 2.10 bits per heavy atom. The Kier molecular flexibility index (Phi) is 5.06. The predicted octanol–water partition coefficient (Wildman–Crippen LogP) is 3.20. The third-order valence-electron chi connectivity index (χ3n) is 4.70. The summed E-state index contributed by atoms with van der Waals surface area (Å²) in [5.74, 6) is 1.75. The standard InChI is InChI=1S/C17H28N2O/c1-5-16(18)17(19(3)12(2)13-9-10-13)14-7-6-8-15(11-14)20-4/h6-8,11-13,16-17H,5,9-10,18H2,1-4H3. The molecule has 3 unspecified atom stereocenters. The highest BCUT2D eigenvalue weighted by Gasteiger charge is 2.35. The maximum absolute atomic E-state index is 6.42. The number of ether oxygens (including phenoxy) is 1. The molecule has 0 aromatic heterocycles. The molecular formula is C17H28N2O. The van der Waals surface area contributed by atoms with Crippen LogP contribution in [0.1, 0.15) is 44.7 Å². The lowest BCUT2D eigenvalue weighted by Gasteiger charge is -2.37. The van der Waals surface area contributed by atoms with E-state index in [1.54, 1.807) is 7.11 Å². The number of nitrogens with two attached hydrogens (primary N) is 1. The van der Waals surface area contributed by atoms with E-state index in [1.807, 2.05) is 6.07 Å². The van der Waals surface area contributed by atoms with Crippen molar-refractivity contribution in [1.29, 1.82) is 0 Å². The highest BCUT2D eigenvalue weighted by molar-refractivity contribution is 5.31. The van der Waals surface area contributed by atoms with Crippen LogP contribution < -0.4 is 10.5 Å². The molecule has 2 N–H and O–H groups in total. The number of nitrogens with zero attached hydrogens (tertiary/aromatic N) is 1. The lowest BCUT2D eigenvalue weighted by Crippen LogP contribution is -2.43. The molecule has 112 valence electrons. The summed E-state index contributed by atoms with van der Waals surface area (Å²) < 4.78 is 5.36. The number of hydrogen-bond acceptors (Lipinski definition) is 3. The van der Waals surface area contributed by atoms with Crippen LogP contribution in [0.15, 0.2) is 24.3 Å². The minimum atomic E-state index is 0.147. The molecule has 3 atom stereocenters. The summed E-state index contributed by atoms with van der Waals surface area (Å²) >= 11 is 0. The van der Waals surface area contributed by atoms with Gasteiger partial charge in [-0.1, -0.05) is 19.1 Å². The second-order valence-corrected chi connectivity index (χ2v) is 6.04. The van der Waals surface area contributed by atoms with Gasteiger partial charge in [0.05, 0.1) is 7.11 Å². The summed E-state index contributed by atoms with van der Waals surface area (Å²) in [7, 11) is 3.92. The Hall–Kier alpha value is -1.06. The molecule has 0 spiro atoms. The highest BCUT2D eigenvalue weighted by Crippen LogP contribution is 2.38. The Bertz CT molecular complexity index is 431. The zero-order valence-electron chi connectivity index (χ0n) is 13.2. The maximum Gasteiger partial charge on any atom is 0.119 e. The van der Waals surface area contributed by atoms with Crippen LogP contribution in [0.2, 0.25) is 0 Å². The van der Waals surface area contributed by atoms with Gasteiger partial charge in [-0.2, -0.15) is 0 Å². The van der Waals surface area contributed by atoms with Crippen molar-refractivity contribution in [3.63, 3.8) is 0 Å². The van der Waals surface area contributed by atoms with Crippen molar-refractivity contribution in [2.75, 3.05) is 14.2 Å². The molecule has 0 saturated heterocycles. The summed E-state index contributed by atoms with van der Waals surface area (Å²) in [4.78, 5) is 2.46. The fraction of sp³-hybridized carbons (Fsp3) is 0.647. The lowest BCUT2D eigenvalue weighted by atomic mass is 9.94. The van der Waals surface area contributed by atoms with E-state index >= 15 is 0 Å². The highest BCUT2D eigenvalue weighted by atomic mass is 16.5. The van der Waals surface area contributed by atoms with Gasteiger partial charge in [0.15, 0.2) is 0 Å². The van der Waals surface area contributed by atoms with Crippen LogP contribution in [-0.4, -0.2) is 31.1 Å². The van der Waals surface area contributed by atoms with Crippen molar-refractivity contribution in [1.82, 2.24) is 4.90 Å². The molecular weight excluding hydrogens is 248 g/mol. The largest absolute Gasteiger partial charge is 0.497 e. The van der Waals surface area contributed by atoms with Crippen LogP contribution in [0, 0.1) is 5.92 Å². The van der Waals surface area contributed by atoms with Crippen LogP contribution >= 0.6 is 0 Å². The van der Waals surface area contributed by atoms with Crippen molar-refractivity contribution in [3.05, 3.63) is 29.8 Å². The smallest absolute Gasteiger partial charge is 0.119 e. The van der Waals surface area contributed by atoms with E-state index in [0.29, 0.717) is 6.04 Å². The first-order valence-electron chi connectivity index (χ1n) is 7.70. The number of methoxy groups -OCH3 is 1. The Morgan fingerprint density at radius 3 is 2.65 bits per heavy atom. The molecule has 20 heavy (non-hydrogen) atoms. The molecule has 0 radical (unpaired) electrons. The summed E-state index contributed by atoms with van der Waals surface area (Å²) in [5, 5.41) is 0. The van der Waals surface area contributed by atoms with E-state index in [1.165, 1.54) is 18.4 Å². The molecule has 1 fully saturated rings. The van der Waals surface area contributed by atoms with Crippen molar-refractivity contribution >= 4 is 0 Å². The van der Waals surface area contributed by atoms with E-state index < -0.39 is 0 Å². The van der Waals surface area contributed by atoms with Crippen molar-refractivity contribution in [2.24, 2.45) is 11.7 Å². The molecule has 3 nitrogen and oxygen atoms in total. The third kappa shape index (κ3) is 3.33. The second kappa shape index (κ2) is 6.59. The van der Waals surface area contributed by atoms with Gasteiger partial charge < -0.3 is 10.5 Å². The number of likely N-dealkylation sites (N-methyl/N-ethyl adjacent to an activating group) is 1. The maximum atomic E-state index is 6.42. The van der Waals surface area contributed by atoms with Gasteiger partial charge >= 0.3 is 0 Å². The summed E-state index contributed by atoms with van der Waals surface area (Å²) in [6.45, 7) is 4.49. The van der Waals surface area contributed by atoms with Crippen molar-refractivity contribution in [3.8, 4) is 5.75 Å². The molecule has 0 heterocycles. The number of rotatable bonds is 7. The predicted molar refractivity (Wildman–Crippen MR) is 84.0 cm³/mol. The second-order valence-electron chi connectivity index (χ2n) is 6.04. The van der Waals surface area contributed by atoms with E-state index in [9.17, 15) is 0 Å². The van der Waals surface area contributed by atoms with Crippen molar-refractivity contribution in [2.45, 2.75) is 51.2 Å². The Labute approximate surface area is 123 Å². The lowest BCUT2D eigenvalue weighted by molar-refractivity contribution is 0.143. The SMILES string of the molecule is CCC(N)C(c1cccc(OC)c1)N(C)C(C)C1CC1. The van der Waals surface area contributed by atoms with Crippen LogP contribution in [0.3, 0.4) is 0 Å². The number of benzene rings is 1. The van der Waals surface area contributed by atoms with Crippen LogP contribution in [0.4, 0.5) is 0 Å². The van der Waals surface area contributed by atoms with Crippen LogP contribution in [0.5, 0.6) is 5.75 Å².